The van der Waals surface area contributed by atoms with Crippen molar-refractivity contribution in [2.75, 3.05) is 5.32 Å². The van der Waals surface area contributed by atoms with Crippen molar-refractivity contribution in [3.63, 3.8) is 0 Å². The maximum atomic E-state index is 13.8. The van der Waals surface area contributed by atoms with Crippen LogP contribution in [0.25, 0.3) is 0 Å². The van der Waals surface area contributed by atoms with Gasteiger partial charge in [0.15, 0.2) is 11.6 Å². The zero-order chi connectivity index (χ0) is 19.5. The van der Waals surface area contributed by atoms with Crippen molar-refractivity contribution in [3.05, 3.63) is 65.2 Å². The number of benzene rings is 2. The Balaban J connectivity index is 1.64. The van der Waals surface area contributed by atoms with E-state index in [1.54, 1.807) is 6.07 Å². The minimum atomic E-state index is -0.781. The monoisotopic (exact) mass is 375 g/mol. The van der Waals surface area contributed by atoms with E-state index in [-0.39, 0.29) is 17.5 Å². The predicted molar refractivity (Wildman–Crippen MR) is 103 cm³/mol. The number of Topliss-reactive ketones (excluding diaryl/α,β-unsaturated/α-hetero) is 2. The first-order chi connectivity index (χ1) is 13.4. The molecule has 2 saturated heterocycles. The number of hydrogen-bond donors (Lipinski definition) is 1. The van der Waals surface area contributed by atoms with Crippen molar-refractivity contribution >= 4 is 23.2 Å². The molecular formula is C23H21NO4. The molecular weight excluding hydrogens is 354 g/mol. The average Bonchev–Trinajstić information content (AvgIpc) is 3.13. The van der Waals surface area contributed by atoms with Gasteiger partial charge in [-0.15, -0.1) is 0 Å². The molecule has 142 valence electrons. The molecule has 1 aliphatic carbocycles. The molecule has 2 fully saturated rings. The van der Waals surface area contributed by atoms with E-state index in [0.717, 1.165) is 11.1 Å². The lowest BCUT2D eigenvalue weighted by atomic mass is 9.64. The molecule has 0 saturated carbocycles. The number of fused-ring (bicyclic) bond motifs is 4. The van der Waals surface area contributed by atoms with Gasteiger partial charge in [0.1, 0.15) is 11.7 Å². The molecule has 0 radical (unpaired) electrons. The number of ether oxygens (including phenoxy) is 1. The summed E-state index contributed by atoms with van der Waals surface area (Å²) in [6.07, 6.45) is 1.40. The highest BCUT2D eigenvalue weighted by molar-refractivity contribution is 6.08. The maximum Gasteiger partial charge on any atom is 0.221 e. The van der Waals surface area contributed by atoms with E-state index in [2.05, 4.69) is 5.32 Å². The smallest absolute Gasteiger partial charge is 0.221 e. The molecule has 2 heterocycles. The zero-order valence-corrected chi connectivity index (χ0v) is 15.7. The third kappa shape index (κ3) is 2.20. The van der Waals surface area contributed by atoms with Crippen LogP contribution in [0.2, 0.25) is 0 Å². The van der Waals surface area contributed by atoms with Gasteiger partial charge >= 0.3 is 0 Å². The molecule has 1 spiro atoms. The van der Waals surface area contributed by atoms with Crippen LogP contribution < -0.4 is 5.32 Å². The fourth-order valence-electron chi connectivity index (χ4n) is 5.39. The maximum absolute atomic E-state index is 13.8. The highest BCUT2D eigenvalue weighted by Gasteiger charge is 2.69. The number of hydrogen-bond acceptors (Lipinski definition) is 4. The summed E-state index contributed by atoms with van der Waals surface area (Å²) in [5.74, 6) is -0.0617. The Morgan fingerprint density at radius 2 is 1.93 bits per heavy atom. The van der Waals surface area contributed by atoms with Gasteiger partial charge in [-0.2, -0.15) is 0 Å². The summed E-state index contributed by atoms with van der Waals surface area (Å²) in [5.41, 5.74) is 1.61. The Bertz CT molecular complexity index is 1010. The number of carbonyl (C=O) groups excluding carboxylic acids is 3. The predicted octanol–water partition coefficient (Wildman–Crippen LogP) is 3.42. The Morgan fingerprint density at radius 1 is 1.14 bits per heavy atom. The molecule has 2 aromatic carbocycles. The van der Waals surface area contributed by atoms with E-state index >= 15 is 0 Å². The van der Waals surface area contributed by atoms with Crippen LogP contribution in [0.15, 0.2) is 48.5 Å². The lowest BCUT2D eigenvalue weighted by Gasteiger charge is -2.42. The molecule has 0 unspecified atom stereocenters. The van der Waals surface area contributed by atoms with Gasteiger partial charge in [-0.1, -0.05) is 36.4 Å². The lowest BCUT2D eigenvalue weighted by molar-refractivity contribution is -0.152. The second-order valence-electron chi connectivity index (χ2n) is 8.11. The minimum Gasteiger partial charge on any atom is -0.358 e. The molecule has 2 aliphatic heterocycles. The summed E-state index contributed by atoms with van der Waals surface area (Å²) >= 11 is 0. The van der Waals surface area contributed by atoms with E-state index in [1.165, 1.54) is 6.92 Å². The molecule has 5 nitrogen and oxygen atoms in total. The summed E-state index contributed by atoms with van der Waals surface area (Å²) in [6, 6.07) is 15.3. The van der Waals surface area contributed by atoms with E-state index in [4.69, 9.17) is 4.74 Å². The Kier molecular flexibility index (Phi) is 3.62. The second kappa shape index (κ2) is 5.85. The van der Waals surface area contributed by atoms with Crippen molar-refractivity contribution in [3.8, 4) is 0 Å². The van der Waals surface area contributed by atoms with Crippen LogP contribution in [-0.4, -0.2) is 23.6 Å². The van der Waals surface area contributed by atoms with Crippen LogP contribution in [-0.2, 0) is 26.3 Å². The number of amides is 1. The molecule has 5 rings (SSSR count). The third-order valence-electron chi connectivity index (χ3n) is 6.57. The van der Waals surface area contributed by atoms with Crippen molar-refractivity contribution in [1.29, 1.82) is 0 Å². The number of carbonyl (C=O) groups is 3. The second-order valence-corrected chi connectivity index (χ2v) is 8.11. The van der Waals surface area contributed by atoms with Gasteiger partial charge in [0.25, 0.3) is 0 Å². The highest BCUT2D eigenvalue weighted by Crippen LogP contribution is 2.63. The Labute approximate surface area is 163 Å². The normalized spacial score (nSPS) is 30.5. The Morgan fingerprint density at radius 3 is 2.68 bits per heavy atom. The summed E-state index contributed by atoms with van der Waals surface area (Å²) in [7, 11) is 0. The molecule has 3 aliphatic rings. The van der Waals surface area contributed by atoms with Gasteiger partial charge in [0.05, 0.1) is 5.41 Å². The van der Waals surface area contributed by atoms with Gasteiger partial charge in [-0.25, -0.2) is 0 Å². The van der Waals surface area contributed by atoms with Crippen LogP contribution in [0.3, 0.4) is 0 Å². The Hall–Kier alpha value is -2.79. The summed E-state index contributed by atoms with van der Waals surface area (Å²) in [4.78, 5) is 37.6. The van der Waals surface area contributed by atoms with Crippen molar-refractivity contribution in [1.82, 2.24) is 0 Å². The van der Waals surface area contributed by atoms with Crippen LogP contribution >= 0.6 is 0 Å². The van der Waals surface area contributed by atoms with Crippen molar-refractivity contribution in [2.45, 2.75) is 44.3 Å². The van der Waals surface area contributed by atoms with Gasteiger partial charge < -0.3 is 10.1 Å². The third-order valence-corrected chi connectivity index (χ3v) is 6.57. The number of rotatable bonds is 2. The summed E-state index contributed by atoms with van der Waals surface area (Å²) in [6.45, 7) is 1.44. The molecule has 5 heteroatoms. The molecule has 1 amide bonds. The van der Waals surface area contributed by atoms with E-state index in [1.807, 2.05) is 42.5 Å². The van der Waals surface area contributed by atoms with Crippen molar-refractivity contribution < 1.29 is 19.1 Å². The molecule has 2 bridgehead atoms. The lowest BCUT2D eigenvalue weighted by Crippen LogP contribution is -2.48. The quantitative estimate of drug-likeness (QED) is 0.873. The fraction of sp³-hybridized carbons (Fsp3) is 0.348. The van der Waals surface area contributed by atoms with Crippen LogP contribution in [0, 0.1) is 5.41 Å². The zero-order valence-electron chi connectivity index (χ0n) is 15.7. The van der Waals surface area contributed by atoms with Crippen LogP contribution in [0.5, 0.6) is 0 Å². The first-order valence-electron chi connectivity index (χ1n) is 9.67. The molecule has 28 heavy (non-hydrogen) atoms. The van der Waals surface area contributed by atoms with E-state index in [9.17, 15) is 14.4 Å². The number of ketones is 2. The fourth-order valence-corrected chi connectivity index (χ4v) is 5.39. The first kappa shape index (κ1) is 17.3. The van der Waals surface area contributed by atoms with Gasteiger partial charge in [-0.05, 0) is 42.5 Å². The van der Waals surface area contributed by atoms with Gasteiger partial charge in [0.2, 0.25) is 5.91 Å². The first-order valence-corrected chi connectivity index (χ1v) is 9.67. The summed E-state index contributed by atoms with van der Waals surface area (Å²) in [5, 5.41) is 2.75. The van der Waals surface area contributed by atoms with E-state index < -0.39 is 17.1 Å². The van der Waals surface area contributed by atoms with Crippen LogP contribution in [0.1, 0.15) is 47.7 Å². The van der Waals surface area contributed by atoms with Gasteiger partial charge in [0, 0.05) is 24.6 Å². The largest absolute Gasteiger partial charge is 0.358 e. The molecule has 2 aromatic rings. The molecule has 3 atom stereocenters. The summed E-state index contributed by atoms with van der Waals surface area (Å²) < 4.78 is 6.38. The number of anilines is 1. The topological polar surface area (TPSA) is 72.5 Å². The number of nitrogens with one attached hydrogen (secondary N) is 1. The standard InChI is InChI=1S/C23H21NO4/c1-14(25)24-17-8-7-15-12-22(21(27)18(15)11-17)13-20-19(26)9-10-23(22,28-20)16-5-3-2-4-6-16/h2-8,11,20H,9-10,12-13H2,1H3,(H,24,25)/t20-,22+,23+/m1/s1. The molecule has 0 aromatic heterocycles. The van der Waals surface area contributed by atoms with Crippen LogP contribution in [0.4, 0.5) is 5.69 Å². The SMILES string of the molecule is CC(=O)Nc1ccc2c(c1)C(=O)[C@]1(C2)C[C@H]2O[C@]1(c1ccccc1)CCC2=O. The van der Waals surface area contributed by atoms with Gasteiger partial charge in [-0.3, -0.25) is 14.4 Å². The highest BCUT2D eigenvalue weighted by atomic mass is 16.5. The molecule has 1 N–H and O–H groups in total. The average molecular weight is 375 g/mol. The van der Waals surface area contributed by atoms with E-state index in [0.29, 0.717) is 36.9 Å². The van der Waals surface area contributed by atoms with Crippen molar-refractivity contribution in [2.24, 2.45) is 5.41 Å². The minimum absolute atomic E-state index is 0.0238.